The number of sulfonamides is 1. The highest BCUT2D eigenvalue weighted by molar-refractivity contribution is 7.91. The quantitative estimate of drug-likeness (QED) is 0.731. The molecule has 0 bridgehead atoms. The van der Waals surface area contributed by atoms with Crippen molar-refractivity contribution in [1.29, 1.82) is 0 Å². The molecule has 1 N–H and O–H groups in total. The van der Waals surface area contributed by atoms with Crippen LogP contribution in [0.25, 0.3) is 10.9 Å². The van der Waals surface area contributed by atoms with Crippen LogP contribution in [0.3, 0.4) is 0 Å². The van der Waals surface area contributed by atoms with E-state index < -0.39 is 10.0 Å². The average molecular weight is 361 g/mol. The fraction of sp³-hybridized carbons (Fsp3) is 0.235. The molecular formula is C17H19N3O2S2. The van der Waals surface area contributed by atoms with Crippen molar-refractivity contribution >= 4 is 38.0 Å². The van der Waals surface area contributed by atoms with Crippen LogP contribution >= 0.6 is 11.3 Å². The van der Waals surface area contributed by atoms with E-state index in [1.165, 1.54) is 15.6 Å². The Bertz CT molecular complexity index is 938. The van der Waals surface area contributed by atoms with E-state index in [0.717, 1.165) is 22.2 Å². The van der Waals surface area contributed by atoms with Gasteiger partial charge in [-0.2, -0.15) is 4.31 Å². The van der Waals surface area contributed by atoms with E-state index in [2.05, 4.69) is 10.3 Å². The van der Waals surface area contributed by atoms with Crippen molar-refractivity contribution in [3.05, 3.63) is 53.5 Å². The number of hydrogen-bond donors (Lipinski definition) is 1. The first-order valence-electron chi connectivity index (χ1n) is 7.58. The summed E-state index contributed by atoms with van der Waals surface area (Å²) in [4.78, 5) is 4.41. The average Bonchev–Trinajstić information content (AvgIpc) is 3.11. The number of thiophene rings is 1. The van der Waals surface area contributed by atoms with Gasteiger partial charge in [0, 0.05) is 37.4 Å². The molecular weight excluding hydrogens is 342 g/mol. The van der Waals surface area contributed by atoms with Crippen LogP contribution < -0.4 is 5.32 Å². The maximum Gasteiger partial charge on any atom is 0.252 e. The summed E-state index contributed by atoms with van der Waals surface area (Å²) in [7, 11) is -1.80. The second-order valence-electron chi connectivity index (χ2n) is 5.52. The Morgan fingerprint density at radius 2 is 2.04 bits per heavy atom. The molecule has 0 radical (unpaired) electrons. The van der Waals surface area contributed by atoms with Gasteiger partial charge in [-0.3, -0.25) is 4.98 Å². The highest BCUT2D eigenvalue weighted by atomic mass is 32.2. The molecule has 7 heteroatoms. The van der Waals surface area contributed by atoms with Crippen molar-refractivity contribution in [2.45, 2.75) is 11.1 Å². The Morgan fingerprint density at radius 1 is 1.21 bits per heavy atom. The summed E-state index contributed by atoms with van der Waals surface area (Å²) in [6, 6.07) is 11.3. The molecule has 0 saturated carbocycles. The molecule has 2 aromatic heterocycles. The number of nitrogens with one attached hydrogen (secondary N) is 1. The van der Waals surface area contributed by atoms with Gasteiger partial charge >= 0.3 is 0 Å². The first-order chi connectivity index (χ1) is 11.5. The van der Waals surface area contributed by atoms with Crippen molar-refractivity contribution in [2.75, 3.05) is 25.5 Å². The Morgan fingerprint density at radius 3 is 2.79 bits per heavy atom. The van der Waals surface area contributed by atoms with Crippen LogP contribution in [-0.4, -0.2) is 37.8 Å². The predicted molar refractivity (Wildman–Crippen MR) is 99.1 cm³/mol. The molecule has 126 valence electrons. The Kier molecular flexibility index (Phi) is 4.84. The molecule has 5 nitrogen and oxygen atoms in total. The summed E-state index contributed by atoms with van der Waals surface area (Å²) >= 11 is 1.23. The topological polar surface area (TPSA) is 62.3 Å². The monoisotopic (exact) mass is 361 g/mol. The molecule has 0 aliphatic heterocycles. The number of para-hydroxylation sites is 1. The number of likely N-dealkylation sites (N-methyl/N-ethyl adjacent to an activating group) is 1. The fourth-order valence-corrected chi connectivity index (χ4v) is 4.88. The minimum Gasteiger partial charge on any atom is -0.383 e. The summed E-state index contributed by atoms with van der Waals surface area (Å²) in [6.07, 6.45) is 1.77. The number of pyridine rings is 1. The number of benzene rings is 1. The first kappa shape index (κ1) is 16.9. The second kappa shape index (κ2) is 6.88. The van der Waals surface area contributed by atoms with Crippen LogP contribution in [0.1, 0.15) is 5.56 Å². The molecule has 0 amide bonds. The zero-order chi connectivity index (χ0) is 17.2. The second-order valence-corrected chi connectivity index (χ2v) is 8.73. The van der Waals surface area contributed by atoms with Gasteiger partial charge in [-0.1, -0.05) is 24.3 Å². The van der Waals surface area contributed by atoms with Gasteiger partial charge in [-0.25, -0.2) is 8.42 Å². The van der Waals surface area contributed by atoms with Crippen molar-refractivity contribution in [3.8, 4) is 0 Å². The molecule has 0 aliphatic carbocycles. The van der Waals surface area contributed by atoms with Gasteiger partial charge < -0.3 is 5.32 Å². The normalized spacial score (nSPS) is 12.0. The zero-order valence-electron chi connectivity index (χ0n) is 13.6. The first-order valence-corrected chi connectivity index (χ1v) is 9.90. The van der Waals surface area contributed by atoms with E-state index in [1.807, 2.05) is 31.2 Å². The minimum absolute atomic E-state index is 0.370. The van der Waals surface area contributed by atoms with Gasteiger partial charge in [0.1, 0.15) is 4.21 Å². The number of rotatable bonds is 6. The maximum atomic E-state index is 12.4. The molecule has 0 unspecified atom stereocenters. The largest absolute Gasteiger partial charge is 0.383 e. The van der Waals surface area contributed by atoms with Gasteiger partial charge in [0.15, 0.2) is 0 Å². The Labute approximate surface area is 146 Å². The standard InChI is InChI=1S/C17H19N3O2S2/c1-13-5-3-6-14-15(8-9-19-17(13)14)18-10-11-20(2)24(21,22)16-7-4-12-23-16/h3-9,12H,10-11H2,1-2H3,(H,18,19). The lowest BCUT2D eigenvalue weighted by Crippen LogP contribution is -2.31. The van der Waals surface area contributed by atoms with E-state index in [1.54, 1.807) is 30.8 Å². The van der Waals surface area contributed by atoms with Crippen molar-refractivity contribution < 1.29 is 8.42 Å². The van der Waals surface area contributed by atoms with Gasteiger partial charge in [-0.15, -0.1) is 11.3 Å². The van der Waals surface area contributed by atoms with Gasteiger partial charge in [-0.05, 0) is 30.0 Å². The minimum atomic E-state index is -3.40. The lowest BCUT2D eigenvalue weighted by atomic mass is 10.1. The SMILES string of the molecule is Cc1cccc2c(NCCN(C)S(=O)(=O)c3cccs3)ccnc12. The smallest absolute Gasteiger partial charge is 0.252 e. The number of hydrogen-bond acceptors (Lipinski definition) is 5. The van der Waals surface area contributed by atoms with E-state index in [9.17, 15) is 8.42 Å². The summed E-state index contributed by atoms with van der Waals surface area (Å²) in [5.74, 6) is 0. The molecule has 24 heavy (non-hydrogen) atoms. The molecule has 0 aliphatic rings. The third-order valence-corrected chi connectivity index (χ3v) is 7.10. The molecule has 0 spiro atoms. The third-order valence-electron chi connectivity index (χ3n) is 3.87. The van der Waals surface area contributed by atoms with E-state index in [-0.39, 0.29) is 0 Å². The molecule has 1 aromatic carbocycles. The molecule has 2 heterocycles. The van der Waals surface area contributed by atoms with E-state index in [0.29, 0.717) is 17.3 Å². The zero-order valence-corrected chi connectivity index (χ0v) is 15.2. The van der Waals surface area contributed by atoms with Crippen LogP contribution in [0.4, 0.5) is 5.69 Å². The highest BCUT2D eigenvalue weighted by Gasteiger charge is 2.21. The van der Waals surface area contributed by atoms with Crippen LogP contribution in [0, 0.1) is 6.92 Å². The molecule has 3 aromatic rings. The van der Waals surface area contributed by atoms with E-state index >= 15 is 0 Å². The van der Waals surface area contributed by atoms with Crippen molar-refractivity contribution in [1.82, 2.24) is 9.29 Å². The summed E-state index contributed by atoms with van der Waals surface area (Å²) in [5, 5.41) is 6.13. The van der Waals surface area contributed by atoms with Gasteiger partial charge in [0.05, 0.1) is 5.52 Å². The van der Waals surface area contributed by atoms with Crippen LogP contribution in [-0.2, 0) is 10.0 Å². The molecule has 0 fully saturated rings. The summed E-state index contributed by atoms with van der Waals surface area (Å²) in [6.45, 7) is 2.94. The lowest BCUT2D eigenvalue weighted by Gasteiger charge is -2.17. The third kappa shape index (κ3) is 3.28. The number of aryl methyl sites for hydroxylation is 1. The number of anilines is 1. The molecule has 0 saturated heterocycles. The Balaban J connectivity index is 1.70. The van der Waals surface area contributed by atoms with E-state index in [4.69, 9.17) is 0 Å². The van der Waals surface area contributed by atoms with Gasteiger partial charge in [0.25, 0.3) is 10.0 Å². The number of aromatic nitrogens is 1. The molecule has 3 rings (SSSR count). The number of nitrogens with zero attached hydrogens (tertiary/aromatic N) is 2. The van der Waals surface area contributed by atoms with Crippen molar-refractivity contribution in [2.24, 2.45) is 0 Å². The number of fused-ring (bicyclic) bond motifs is 1. The van der Waals surface area contributed by atoms with Crippen LogP contribution in [0.15, 0.2) is 52.2 Å². The lowest BCUT2D eigenvalue weighted by molar-refractivity contribution is 0.482. The maximum absolute atomic E-state index is 12.4. The summed E-state index contributed by atoms with van der Waals surface area (Å²) < 4.78 is 26.5. The fourth-order valence-electron chi connectivity index (χ4n) is 2.51. The van der Waals surface area contributed by atoms with Crippen molar-refractivity contribution in [3.63, 3.8) is 0 Å². The summed E-state index contributed by atoms with van der Waals surface area (Å²) in [5.41, 5.74) is 3.04. The van der Waals surface area contributed by atoms with Crippen LogP contribution in [0.2, 0.25) is 0 Å². The van der Waals surface area contributed by atoms with Gasteiger partial charge in [0.2, 0.25) is 0 Å². The Hall–Kier alpha value is -1.96. The predicted octanol–water partition coefficient (Wildman–Crippen LogP) is 3.34. The molecule has 0 atom stereocenters. The van der Waals surface area contributed by atoms with Crippen LogP contribution in [0.5, 0.6) is 0 Å². The highest BCUT2D eigenvalue weighted by Crippen LogP contribution is 2.24.